The second-order valence-corrected chi connectivity index (χ2v) is 6.76. The van der Waals surface area contributed by atoms with Crippen LogP contribution in [0.15, 0.2) is 36.4 Å². The van der Waals surface area contributed by atoms with Gasteiger partial charge in [-0.15, -0.1) is 0 Å². The van der Waals surface area contributed by atoms with E-state index in [2.05, 4.69) is 0 Å². The van der Waals surface area contributed by atoms with E-state index in [0.29, 0.717) is 5.56 Å². The number of hydrogen-bond donors (Lipinski definition) is 2. The van der Waals surface area contributed by atoms with Gasteiger partial charge in [-0.2, -0.15) is 0 Å². The summed E-state index contributed by atoms with van der Waals surface area (Å²) in [7, 11) is -3.39. The van der Waals surface area contributed by atoms with Crippen LogP contribution in [0.3, 0.4) is 0 Å². The van der Waals surface area contributed by atoms with Gasteiger partial charge in [0.1, 0.15) is 11.5 Å². The molecule has 0 aliphatic heterocycles. The molecule has 21 heavy (non-hydrogen) atoms. The standard InChI is InChI=1S/C15H20NO4P/c1-3-19-21(18,20-4-2)15(16)13-6-5-12-10-14(17)8-7-11(12)9-13/h5-10,15,17H,3-4,16H2,1-2H3/t15-/m1/s1. The first kappa shape index (κ1) is 16.0. The summed E-state index contributed by atoms with van der Waals surface area (Å²) in [5.74, 6) is -0.635. The van der Waals surface area contributed by atoms with Crippen LogP contribution in [0, 0.1) is 0 Å². The van der Waals surface area contributed by atoms with Gasteiger partial charge in [0.05, 0.1) is 13.2 Å². The van der Waals surface area contributed by atoms with Gasteiger partial charge >= 0.3 is 7.60 Å². The lowest BCUT2D eigenvalue weighted by Crippen LogP contribution is -2.15. The van der Waals surface area contributed by atoms with Crippen LogP contribution in [0.1, 0.15) is 25.2 Å². The number of nitrogens with two attached hydrogens (primary N) is 1. The maximum atomic E-state index is 12.7. The summed E-state index contributed by atoms with van der Waals surface area (Å²) in [6.07, 6.45) is 0. The predicted octanol–water partition coefficient (Wildman–Crippen LogP) is 3.77. The number of fused-ring (bicyclic) bond motifs is 1. The monoisotopic (exact) mass is 309 g/mol. The van der Waals surface area contributed by atoms with Crippen molar-refractivity contribution >= 4 is 18.4 Å². The number of benzene rings is 2. The average molecular weight is 309 g/mol. The van der Waals surface area contributed by atoms with Crippen LogP contribution >= 0.6 is 7.60 Å². The molecule has 3 N–H and O–H groups in total. The van der Waals surface area contributed by atoms with Crippen LogP contribution in [0.25, 0.3) is 10.8 Å². The van der Waals surface area contributed by atoms with Crippen molar-refractivity contribution in [2.24, 2.45) is 5.73 Å². The van der Waals surface area contributed by atoms with Crippen LogP contribution in [0.2, 0.25) is 0 Å². The summed E-state index contributed by atoms with van der Waals surface area (Å²) in [6.45, 7) is 4.04. The average Bonchev–Trinajstić information content (AvgIpc) is 2.46. The summed E-state index contributed by atoms with van der Waals surface area (Å²) in [6, 6.07) is 10.5. The van der Waals surface area contributed by atoms with Crippen molar-refractivity contribution in [3.8, 4) is 5.75 Å². The molecule has 5 nitrogen and oxygen atoms in total. The van der Waals surface area contributed by atoms with Gasteiger partial charge in [-0.1, -0.05) is 18.2 Å². The molecule has 2 aromatic carbocycles. The molecular weight excluding hydrogens is 289 g/mol. The Hall–Kier alpha value is -1.39. The van der Waals surface area contributed by atoms with Crippen molar-refractivity contribution in [3.63, 3.8) is 0 Å². The zero-order valence-electron chi connectivity index (χ0n) is 12.2. The Kier molecular flexibility index (Phi) is 5.01. The van der Waals surface area contributed by atoms with E-state index in [4.69, 9.17) is 14.8 Å². The Bertz CT molecular complexity index is 664. The minimum atomic E-state index is -3.39. The van der Waals surface area contributed by atoms with Crippen LogP contribution in [0.4, 0.5) is 0 Å². The number of rotatable bonds is 6. The quantitative estimate of drug-likeness (QED) is 0.794. The molecule has 1 atom stereocenters. The van der Waals surface area contributed by atoms with Gasteiger partial charge in [0, 0.05) is 0 Å². The molecule has 0 bridgehead atoms. The molecule has 0 saturated heterocycles. The molecule has 0 heterocycles. The van der Waals surface area contributed by atoms with Crippen LogP contribution < -0.4 is 5.73 Å². The van der Waals surface area contributed by atoms with E-state index in [-0.39, 0.29) is 19.0 Å². The fourth-order valence-corrected chi connectivity index (χ4v) is 3.82. The molecule has 2 rings (SSSR count). The van der Waals surface area contributed by atoms with Gasteiger partial charge in [0.15, 0.2) is 0 Å². The Balaban J connectivity index is 2.39. The lowest BCUT2D eigenvalue weighted by atomic mass is 10.1. The first-order valence-electron chi connectivity index (χ1n) is 6.87. The summed E-state index contributed by atoms with van der Waals surface area (Å²) in [4.78, 5) is 0. The molecule has 0 fully saturated rings. The Labute approximate surface area is 124 Å². The minimum absolute atomic E-state index is 0.203. The largest absolute Gasteiger partial charge is 0.508 e. The summed E-state index contributed by atoms with van der Waals surface area (Å²) < 4.78 is 23.3. The first-order chi connectivity index (χ1) is 10.00. The van der Waals surface area contributed by atoms with Crippen molar-refractivity contribution in [2.75, 3.05) is 13.2 Å². The third kappa shape index (κ3) is 3.44. The summed E-state index contributed by atoms with van der Waals surface area (Å²) in [5, 5.41) is 11.3. The van der Waals surface area contributed by atoms with Crippen molar-refractivity contribution in [3.05, 3.63) is 42.0 Å². The van der Waals surface area contributed by atoms with E-state index in [1.165, 1.54) is 0 Å². The van der Waals surface area contributed by atoms with E-state index in [0.717, 1.165) is 10.8 Å². The molecule has 0 amide bonds. The highest BCUT2D eigenvalue weighted by atomic mass is 31.2. The molecular formula is C15H20NO4P. The molecule has 0 aliphatic rings. The smallest absolute Gasteiger partial charge is 0.351 e. The lowest BCUT2D eigenvalue weighted by molar-refractivity contribution is 0.212. The third-order valence-corrected chi connectivity index (χ3v) is 5.36. The topological polar surface area (TPSA) is 81.8 Å². The maximum absolute atomic E-state index is 12.7. The van der Waals surface area contributed by atoms with Gasteiger partial charge in [-0.05, 0) is 48.4 Å². The van der Waals surface area contributed by atoms with Crippen molar-refractivity contribution < 1.29 is 18.7 Å². The zero-order chi connectivity index (χ0) is 15.5. The molecule has 0 saturated carbocycles. The van der Waals surface area contributed by atoms with E-state index in [9.17, 15) is 9.67 Å². The Morgan fingerprint density at radius 3 is 2.29 bits per heavy atom. The molecule has 114 valence electrons. The van der Waals surface area contributed by atoms with Crippen molar-refractivity contribution in [2.45, 2.75) is 19.6 Å². The molecule has 0 unspecified atom stereocenters. The Morgan fingerprint density at radius 1 is 1.10 bits per heavy atom. The highest BCUT2D eigenvalue weighted by molar-refractivity contribution is 7.54. The summed E-state index contributed by atoms with van der Waals surface area (Å²) in [5.41, 5.74) is 6.78. The lowest BCUT2D eigenvalue weighted by Gasteiger charge is -2.23. The van der Waals surface area contributed by atoms with Gasteiger partial charge in [-0.25, -0.2) is 0 Å². The molecule has 6 heteroatoms. The molecule has 2 aromatic rings. The molecule has 0 spiro atoms. The fraction of sp³-hybridized carbons (Fsp3) is 0.333. The van der Waals surface area contributed by atoms with E-state index < -0.39 is 13.4 Å². The first-order valence-corrected chi connectivity index (χ1v) is 8.48. The van der Waals surface area contributed by atoms with Gasteiger partial charge in [0.2, 0.25) is 0 Å². The summed E-state index contributed by atoms with van der Waals surface area (Å²) >= 11 is 0. The second kappa shape index (κ2) is 6.58. The number of hydrogen-bond acceptors (Lipinski definition) is 5. The number of phenolic OH excluding ortho intramolecular Hbond substituents is 1. The highest BCUT2D eigenvalue weighted by Gasteiger charge is 2.33. The number of aromatic hydroxyl groups is 1. The zero-order valence-corrected chi connectivity index (χ0v) is 13.0. The third-order valence-electron chi connectivity index (χ3n) is 3.15. The van der Waals surface area contributed by atoms with Gasteiger partial charge < -0.3 is 19.9 Å². The minimum Gasteiger partial charge on any atom is -0.508 e. The SMILES string of the molecule is CCOP(=O)(OCC)[C@@H](N)c1ccc2cc(O)ccc2c1. The molecule has 0 radical (unpaired) electrons. The Morgan fingerprint density at radius 2 is 1.67 bits per heavy atom. The van der Waals surface area contributed by atoms with Crippen molar-refractivity contribution in [1.29, 1.82) is 0 Å². The van der Waals surface area contributed by atoms with Crippen molar-refractivity contribution in [1.82, 2.24) is 0 Å². The number of phenols is 1. The van der Waals surface area contributed by atoms with E-state index in [1.807, 2.05) is 12.1 Å². The second-order valence-electron chi connectivity index (χ2n) is 4.61. The predicted molar refractivity (Wildman–Crippen MR) is 83.4 cm³/mol. The maximum Gasteiger partial charge on any atom is 0.351 e. The van der Waals surface area contributed by atoms with Gasteiger partial charge in [0.25, 0.3) is 0 Å². The van der Waals surface area contributed by atoms with E-state index in [1.54, 1.807) is 38.1 Å². The molecule has 0 aliphatic carbocycles. The van der Waals surface area contributed by atoms with Crippen LogP contribution in [-0.4, -0.2) is 18.3 Å². The van der Waals surface area contributed by atoms with E-state index >= 15 is 0 Å². The normalized spacial score (nSPS) is 13.5. The van der Waals surface area contributed by atoms with Crippen LogP contribution in [-0.2, 0) is 13.6 Å². The fourth-order valence-electron chi connectivity index (χ4n) is 2.18. The molecule has 0 aromatic heterocycles. The van der Waals surface area contributed by atoms with Crippen LogP contribution in [0.5, 0.6) is 5.75 Å². The highest BCUT2D eigenvalue weighted by Crippen LogP contribution is 2.58. The van der Waals surface area contributed by atoms with Gasteiger partial charge in [-0.3, -0.25) is 4.57 Å².